The molecule has 2 aliphatic rings. The number of urea groups is 1. The minimum absolute atomic E-state index is 0.112. The van der Waals surface area contributed by atoms with E-state index in [4.69, 9.17) is 4.74 Å². The van der Waals surface area contributed by atoms with Gasteiger partial charge in [0.1, 0.15) is 0 Å². The molecule has 1 N–H and O–H groups in total. The third-order valence-electron chi connectivity index (χ3n) is 4.02. The zero-order valence-corrected chi connectivity index (χ0v) is 12.1. The summed E-state index contributed by atoms with van der Waals surface area (Å²) in [7, 11) is 0. The Labute approximate surface area is 116 Å². The summed E-state index contributed by atoms with van der Waals surface area (Å²) in [5.74, 6) is 0. The minimum Gasteiger partial charge on any atom is -0.379 e. The van der Waals surface area contributed by atoms with Gasteiger partial charge < -0.3 is 15.0 Å². The van der Waals surface area contributed by atoms with Crippen molar-refractivity contribution in [2.45, 2.75) is 38.6 Å². The Kier molecular flexibility index (Phi) is 5.92. The van der Waals surface area contributed by atoms with Gasteiger partial charge in [-0.1, -0.05) is 26.2 Å². The van der Waals surface area contributed by atoms with Crippen LogP contribution in [0.5, 0.6) is 0 Å². The zero-order valence-electron chi connectivity index (χ0n) is 12.1. The van der Waals surface area contributed by atoms with Crippen molar-refractivity contribution in [1.29, 1.82) is 0 Å². The molecule has 0 aromatic carbocycles. The number of morpholine rings is 1. The standard InChI is InChI=1S/C14H27N3O2/c1-2-3-4-5-6-15-14(18)17-11-13(12-17)16-7-9-19-10-8-16/h13H,2-12H2,1H3,(H,15,18). The van der Waals surface area contributed by atoms with Crippen LogP contribution in [0.1, 0.15) is 32.6 Å². The van der Waals surface area contributed by atoms with Crippen LogP contribution < -0.4 is 5.32 Å². The summed E-state index contributed by atoms with van der Waals surface area (Å²) in [5.41, 5.74) is 0. The Morgan fingerprint density at radius 1 is 1.21 bits per heavy atom. The van der Waals surface area contributed by atoms with Gasteiger partial charge in [0.2, 0.25) is 0 Å². The highest BCUT2D eigenvalue weighted by Crippen LogP contribution is 2.16. The van der Waals surface area contributed by atoms with Gasteiger partial charge in [0, 0.05) is 38.8 Å². The van der Waals surface area contributed by atoms with E-state index in [1.807, 2.05) is 4.90 Å². The molecule has 0 unspecified atom stereocenters. The van der Waals surface area contributed by atoms with Crippen molar-refractivity contribution in [2.24, 2.45) is 0 Å². The maximum Gasteiger partial charge on any atom is 0.317 e. The Morgan fingerprint density at radius 2 is 1.95 bits per heavy atom. The van der Waals surface area contributed by atoms with Crippen molar-refractivity contribution in [2.75, 3.05) is 45.9 Å². The maximum absolute atomic E-state index is 11.9. The smallest absolute Gasteiger partial charge is 0.317 e. The van der Waals surface area contributed by atoms with E-state index < -0.39 is 0 Å². The van der Waals surface area contributed by atoms with E-state index in [1.165, 1.54) is 19.3 Å². The molecule has 0 saturated carbocycles. The molecule has 110 valence electrons. The van der Waals surface area contributed by atoms with Gasteiger partial charge in [-0.2, -0.15) is 0 Å². The molecule has 0 aromatic heterocycles. The number of nitrogens with zero attached hydrogens (tertiary/aromatic N) is 2. The Hall–Kier alpha value is -0.810. The van der Waals surface area contributed by atoms with Crippen LogP contribution in [0.25, 0.3) is 0 Å². The van der Waals surface area contributed by atoms with Crippen LogP contribution in [0.3, 0.4) is 0 Å². The lowest BCUT2D eigenvalue weighted by atomic mass is 10.1. The topological polar surface area (TPSA) is 44.8 Å². The monoisotopic (exact) mass is 269 g/mol. The number of unbranched alkanes of at least 4 members (excludes halogenated alkanes) is 3. The van der Waals surface area contributed by atoms with Crippen LogP contribution in [-0.2, 0) is 4.74 Å². The van der Waals surface area contributed by atoms with Crippen LogP contribution >= 0.6 is 0 Å². The number of amides is 2. The van der Waals surface area contributed by atoms with Gasteiger partial charge in [-0.15, -0.1) is 0 Å². The number of carbonyl (C=O) groups is 1. The average molecular weight is 269 g/mol. The lowest BCUT2D eigenvalue weighted by molar-refractivity contribution is -0.0203. The molecule has 0 aliphatic carbocycles. The van der Waals surface area contributed by atoms with Crippen LogP contribution in [0.15, 0.2) is 0 Å². The summed E-state index contributed by atoms with van der Waals surface area (Å²) in [6.07, 6.45) is 4.81. The molecule has 2 rings (SSSR count). The largest absolute Gasteiger partial charge is 0.379 e. The molecule has 2 amide bonds. The molecule has 0 bridgehead atoms. The number of rotatable bonds is 6. The van der Waals surface area contributed by atoms with Crippen LogP contribution in [0.2, 0.25) is 0 Å². The number of nitrogens with one attached hydrogen (secondary N) is 1. The summed E-state index contributed by atoms with van der Waals surface area (Å²) in [6.45, 7) is 8.46. The molecule has 0 atom stereocenters. The number of carbonyl (C=O) groups excluding carboxylic acids is 1. The van der Waals surface area contributed by atoms with Crippen molar-refractivity contribution >= 4 is 6.03 Å². The van der Waals surface area contributed by atoms with Gasteiger partial charge in [-0.25, -0.2) is 4.79 Å². The van der Waals surface area contributed by atoms with E-state index in [0.717, 1.165) is 52.4 Å². The number of hydrogen-bond donors (Lipinski definition) is 1. The van der Waals surface area contributed by atoms with Gasteiger partial charge in [-0.05, 0) is 6.42 Å². The van der Waals surface area contributed by atoms with E-state index >= 15 is 0 Å². The molecule has 0 aromatic rings. The predicted molar refractivity (Wildman–Crippen MR) is 75.3 cm³/mol. The summed E-state index contributed by atoms with van der Waals surface area (Å²) in [5, 5.41) is 3.01. The third kappa shape index (κ3) is 4.35. The highest BCUT2D eigenvalue weighted by Gasteiger charge is 2.35. The SMILES string of the molecule is CCCCCCNC(=O)N1CC(N2CCOCC2)C1. The number of likely N-dealkylation sites (tertiary alicyclic amines) is 1. The summed E-state index contributed by atoms with van der Waals surface area (Å²) < 4.78 is 5.34. The zero-order chi connectivity index (χ0) is 13.5. The van der Waals surface area contributed by atoms with Crippen LogP contribution in [0, 0.1) is 0 Å². The molecule has 19 heavy (non-hydrogen) atoms. The van der Waals surface area contributed by atoms with E-state index in [9.17, 15) is 4.79 Å². The van der Waals surface area contributed by atoms with E-state index in [1.54, 1.807) is 0 Å². The molecule has 0 radical (unpaired) electrons. The van der Waals surface area contributed by atoms with Crippen molar-refractivity contribution in [3.63, 3.8) is 0 Å². The second kappa shape index (κ2) is 7.70. The second-order valence-corrected chi connectivity index (χ2v) is 5.50. The number of hydrogen-bond acceptors (Lipinski definition) is 3. The van der Waals surface area contributed by atoms with Gasteiger partial charge in [0.15, 0.2) is 0 Å². The van der Waals surface area contributed by atoms with Gasteiger partial charge in [0.05, 0.1) is 13.2 Å². The predicted octanol–water partition coefficient (Wildman–Crippen LogP) is 1.29. The highest BCUT2D eigenvalue weighted by molar-refractivity contribution is 5.75. The summed E-state index contributed by atoms with van der Waals surface area (Å²) >= 11 is 0. The van der Waals surface area contributed by atoms with Gasteiger partial charge in [0.25, 0.3) is 0 Å². The van der Waals surface area contributed by atoms with Gasteiger partial charge in [-0.3, -0.25) is 4.90 Å². The fourth-order valence-corrected chi connectivity index (χ4v) is 2.65. The first-order chi connectivity index (χ1) is 9.31. The summed E-state index contributed by atoms with van der Waals surface area (Å²) in [4.78, 5) is 16.2. The molecule has 2 heterocycles. The lowest BCUT2D eigenvalue weighted by Crippen LogP contribution is -2.64. The van der Waals surface area contributed by atoms with E-state index in [-0.39, 0.29) is 6.03 Å². The average Bonchev–Trinajstić information content (AvgIpc) is 2.38. The normalized spacial score (nSPS) is 21.2. The summed E-state index contributed by atoms with van der Waals surface area (Å²) in [6, 6.07) is 0.663. The molecular formula is C14H27N3O2. The fraction of sp³-hybridized carbons (Fsp3) is 0.929. The van der Waals surface area contributed by atoms with E-state index in [0.29, 0.717) is 6.04 Å². The maximum atomic E-state index is 11.9. The molecule has 2 aliphatic heterocycles. The minimum atomic E-state index is 0.112. The quantitative estimate of drug-likeness (QED) is 0.739. The first-order valence-corrected chi connectivity index (χ1v) is 7.66. The Morgan fingerprint density at radius 3 is 2.63 bits per heavy atom. The Bertz CT molecular complexity index is 274. The van der Waals surface area contributed by atoms with Crippen molar-refractivity contribution in [3.8, 4) is 0 Å². The van der Waals surface area contributed by atoms with Gasteiger partial charge >= 0.3 is 6.03 Å². The Balaban J connectivity index is 1.54. The third-order valence-corrected chi connectivity index (χ3v) is 4.02. The van der Waals surface area contributed by atoms with E-state index in [2.05, 4.69) is 17.1 Å². The molecule has 5 heteroatoms. The van der Waals surface area contributed by atoms with Crippen LogP contribution in [-0.4, -0.2) is 67.8 Å². The molecular weight excluding hydrogens is 242 g/mol. The number of ether oxygens (including phenoxy) is 1. The second-order valence-electron chi connectivity index (χ2n) is 5.50. The first kappa shape index (κ1) is 14.6. The highest BCUT2D eigenvalue weighted by atomic mass is 16.5. The van der Waals surface area contributed by atoms with Crippen LogP contribution in [0.4, 0.5) is 4.79 Å². The molecule has 5 nitrogen and oxygen atoms in total. The first-order valence-electron chi connectivity index (χ1n) is 7.66. The lowest BCUT2D eigenvalue weighted by Gasteiger charge is -2.46. The van der Waals surface area contributed by atoms with Crippen molar-refractivity contribution in [1.82, 2.24) is 15.1 Å². The fourth-order valence-electron chi connectivity index (χ4n) is 2.65. The molecule has 0 spiro atoms. The van der Waals surface area contributed by atoms with Crippen molar-refractivity contribution < 1.29 is 9.53 Å². The molecule has 2 fully saturated rings. The molecule has 2 saturated heterocycles. The van der Waals surface area contributed by atoms with Crippen molar-refractivity contribution in [3.05, 3.63) is 0 Å².